The summed E-state index contributed by atoms with van der Waals surface area (Å²) in [6.45, 7) is 22.7. The first-order valence-electron chi connectivity index (χ1n) is 13.2. The molecule has 1 aliphatic rings. The van der Waals surface area contributed by atoms with E-state index in [4.69, 9.17) is 14.2 Å². The maximum absolute atomic E-state index is 13.1. The third-order valence-electron chi connectivity index (χ3n) is 5.37. The summed E-state index contributed by atoms with van der Waals surface area (Å²) in [6, 6.07) is -0.390. The Morgan fingerprint density at radius 3 is 1.33 bits per heavy atom. The lowest BCUT2D eigenvalue weighted by atomic mass is 10.1. The predicted octanol–water partition coefficient (Wildman–Crippen LogP) is 3.10. The lowest BCUT2D eigenvalue weighted by Gasteiger charge is -2.33. The molecule has 210 valence electrons. The van der Waals surface area contributed by atoms with Crippen molar-refractivity contribution in [3.8, 4) is 0 Å². The van der Waals surface area contributed by atoms with Crippen LogP contribution in [0.2, 0.25) is 0 Å². The molecule has 1 saturated heterocycles. The Labute approximate surface area is 218 Å². The van der Waals surface area contributed by atoms with Crippen LogP contribution in [0.15, 0.2) is 0 Å². The van der Waals surface area contributed by atoms with E-state index in [2.05, 4.69) is 11.8 Å². The fourth-order valence-corrected chi connectivity index (χ4v) is 3.99. The molecular weight excluding hydrogens is 462 g/mol. The standard InChI is InChI=1S/C27H51N3O6/c1-11-12-21(24(33)36-27(8,9)10)30-17-15-28(19-22(31)34-25(2,3)4)13-14-29(16-18-30)20-23(32)35-26(5,6)7/h21H,11-20H2,1-10H3/t21-/m1/s1. The number of nitrogens with zero attached hydrogens (tertiary/aromatic N) is 3. The Bertz CT molecular complexity index is 678. The largest absolute Gasteiger partial charge is 0.459 e. The van der Waals surface area contributed by atoms with Gasteiger partial charge in [0, 0.05) is 39.3 Å². The lowest BCUT2D eigenvalue weighted by Crippen LogP contribution is -2.49. The van der Waals surface area contributed by atoms with Gasteiger partial charge in [-0.05, 0) is 68.7 Å². The molecule has 1 fully saturated rings. The quantitative estimate of drug-likeness (QED) is 0.359. The first-order chi connectivity index (χ1) is 16.4. The Hall–Kier alpha value is -1.71. The number of carbonyl (C=O) groups excluding carboxylic acids is 3. The van der Waals surface area contributed by atoms with Crippen LogP contribution in [0.1, 0.15) is 82.1 Å². The molecule has 0 unspecified atom stereocenters. The molecule has 1 atom stereocenters. The van der Waals surface area contributed by atoms with Gasteiger partial charge in [0.15, 0.2) is 0 Å². The van der Waals surface area contributed by atoms with Crippen molar-refractivity contribution < 1.29 is 28.6 Å². The zero-order chi connectivity index (χ0) is 27.7. The summed E-state index contributed by atoms with van der Waals surface area (Å²) in [5.41, 5.74) is -1.70. The number of esters is 3. The molecule has 0 amide bonds. The van der Waals surface area contributed by atoms with Gasteiger partial charge >= 0.3 is 17.9 Å². The van der Waals surface area contributed by atoms with E-state index in [9.17, 15) is 14.4 Å². The van der Waals surface area contributed by atoms with Crippen molar-refractivity contribution in [2.24, 2.45) is 0 Å². The Morgan fingerprint density at radius 1 is 0.639 bits per heavy atom. The molecule has 1 aliphatic heterocycles. The molecule has 0 aromatic heterocycles. The third-order valence-corrected chi connectivity index (χ3v) is 5.37. The normalized spacial score (nSPS) is 18.5. The number of hydrogen-bond acceptors (Lipinski definition) is 9. The second kappa shape index (κ2) is 13.7. The van der Waals surface area contributed by atoms with Crippen molar-refractivity contribution in [3.05, 3.63) is 0 Å². The highest BCUT2D eigenvalue weighted by molar-refractivity contribution is 5.76. The molecule has 1 heterocycles. The summed E-state index contributed by atoms with van der Waals surface area (Å²) in [5.74, 6) is -0.811. The highest BCUT2D eigenvalue weighted by Crippen LogP contribution is 2.17. The van der Waals surface area contributed by atoms with Crippen LogP contribution in [-0.2, 0) is 28.6 Å². The monoisotopic (exact) mass is 513 g/mol. The van der Waals surface area contributed by atoms with Crippen LogP contribution in [0, 0.1) is 0 Å². The van der Waals surface area contributed by atoms with E-state index in [0.29, 0.717) is 45.7 Å². The zero-order valence-electron chi connectivity index (χ0n) is 24.4. The van der Waals surface area contributed by atoms with Crippen LogP contribution in [0.3, 0.4) is 0 Å². The van der Waals surface area contributed by atoms with Crippen molar-refractivity contribution in [2.45, 2.75) is 105 Å². The van der Waals surface area contributed by atoms with Crippen molar-refractivity contribution >= 4 is 17.9 Å². The average Bonchev–Trinajstić information content (AvgIpc) is 2.73. The minimum atomic E-state index is -0.575. The van der Waals surface area contributed by atoms with E-state index in [1.165, 1.54) is 0 Å². The SMILES string of the molecule is CCC[C@H](C(=O)OC(C)(C)C)N1CCN(CC(=O)OC(C)(C)C)CCN(CC(=O)OC(C)(C)C)CC1. The summed E-state index contributed by atoms with van der Waals surface area (Å²) >= 11 is 0. The smallest absolute Gasteiger partial charge is 0.323 e. The van der Waals surface area contributed by atoms with Gasteiger partial charge in [-0.15, -0.1) is 0 Å². The van der Waals surface area contributed by atoms with Crippen LogP contribution in [0.25, 0.3) is 0 Å². The van der Waals surface area contributed by atoms with Crippen molar-refractivity contribution in [3.63, 3.8) is 0 Å². The predicted molar refractivity (Wildman–Crippen MR) is 141 cm³/mol. The molecule has 0 saturated carbocycles. The van der Waals surface area contributed by atoms with E-state index >= 15 is 0 Å². The van der Waals surface area contributed by atoms with Crippen LogP contribution < -0.4 is 0 Å². The number of ether oxygens (including phenoxy) is 3. The molecule has 1 rings (SSSR count). The molecule has 0 aliphatic carbocycles. The third kappa shape index (κ3) is 14.1. The fraction of sp³-hybridized carbons (Fsp3) is 0.889. The summed E-state index contributed by atoms with van der Waals surface area (Å²) in [5, 5.41) is 0. The van der Waals surface area contributed by atoms with E-state index in [1.54, 1.807) is 0 Å². The van der Waals surface area contributed by atoms with Gasteiger partial charge in [-0.25, -0.2) is 0 Å². The maximum atomic E-state index is 13.1. The maximum Gasteiger partial charge on any atom is 0.323 e. The summed E-state index contributed by atoms with van der Waals surface area (Å²) in [6.07, 6.45) is 1.51. The second-order valence-corrected chi connectivity index (χ2v) is 12.6. The minimum absolute atomic E-state index is 0.149. The highest BCUT2D eigenvalue weighted by Gasteiger charge is 2.32. The van der Waals surface area contributed by atoms with Crippen LogP contribution in [0.4, 0.5) is 0 Å². The molecule has 0 N–H and O–H groups in total. The van der Waals surface area contributed by atoms with E-state index < -0.39 is 16.8 Å². The molecule has 0 aromatic rings. The fourth-order valence-electron chi connectivity index (χ4n) is 3.99. The molecule has 9 nitrogen and oxygen atoms in total. The molecule has 0 bridgehead atoms. The minimum Gasteiger partial charge on any atom is -0.459 e. The summed E-state index contributed by atoms with van der Waals surface area (Å²) < 4.78 is 16.8. The van der Waals surface area contributed by atoms with Gasteiger partial charge in [-0.3, -0.25) is 29.1 Å². The Balaban J connectivity index is 3.09. The van der Waals surface area contributed by atoms with Gasteiger partial charge in [-0.1, -0.05) is 13.3 Å². The van der Waals surface area contributed by atoms with E-state index in [0.717, 1.165) is 6.42 Å². The summed E-state index contributed by atoms with van der Waals surface area (Å²) in [4.78, 5) is 44.5. The Morgan fingerprint density at radius 2 is 1.00 bits per heavy atom. The van der Waals surface area contributed by atoms with Crippen molar-refractivity contribution in [1.82, 2.24) is 14.7 Å². The molecule has 36 heavy (non-hydrogen) atoms. The first-order valence-corrected chi connectivity index (χ1v) is 13.2. The van der Waals surface area contributed by atoms with Gasteiger partial charge in [0.05, 0.1) is 13.1 Å². The lowest BCUT2D eigenvalue weighted by molar-refractivity contribution is -0.163. The van der Waals surface area contributed by atoms with Crippen molar-refractivity contribution in [2.75, 3.05) is 52.4 Å². The Kier molecular flexibility index (Phi) is 12.3. The molecule has 0 spiro atoms. The number of carbonyl (C=O) groups is 3. The number of hydrogen-bond donors (Lipinski definition) is 0. The first kappa shape index (κ1) is 32.3. The van der Waals surface area contributed by atoms with Gasteiger partial charge < -0.3 is 14.2 Å². The average molecular weight is 514 g/mol. The van der Waals surface area contributed by atoms with Gasteiger partial charge in [0.25, 0.3) is 0 Å². The van der Waals surface area contributed by atoms with Gasteiger partial charge in [0.1, 0.15) is 22.8 Å². The molecule has 0 aromatic carbocycles. The summed E-state index contributed by atoms with van der Waals surface area (Å²) in [7, 11) is 0. The topological polar surface area (TPSA) is 88.6 Å². The zero-order valence-corrected chi connectivity index (χ0v) is 24.4. The second-order valence-electron chi connectivity index (χ2n) is 12.6. The number of rotatable bonds is 8. The molecular formula is C27H51N3O6. The van der Waals surface area contributed by atoms with Crippen LogP contribution >= 0.6 is 0 Å². The molecule has 0 radical (unpaired) electrons. The van der Waals surface area contributed by atoms with Crippen LogP contribution in [0.5, 0.6) is 0 Å². The van der Waals surface area contributed by atoms with Crippen LogP contribution in [-0.4, -0.2) is 108 Å². The van der Waals surface area contributed by atoms with Gasteiger partial charge in [-0.2, -0.15) is 0 Å². The van der Waals surface area contributed by atoms with Gasteiger partial charge in [0.2, 0.25) is 0 Å². The van der Waals surface area contributed by atoms with Crippen molar-refractivity contribution in [1.29, 1.82) is 0 Å². The highest BCUT2D eigenvalue weighted by atomic mass is 16.6. The van der Waals surface area contributed by atoms with E-state index in [-0.39, 0.29) is 37.0 Å². The molecule has 9 heteroatoms. The van der Waals surface area contributed by atoms with E-state index in [1.807, 2.05) is 72.1 Å².